The van der Waals surface area contributed by atoms with Gasteiger partial charge in [-0.3, -0.25) is 4.79 Å². The summed E-state index contributed by atoms with van der Waals surface area (Å²) in [5, 5.41) is 8.88. The summed E-state index contributed by atoms with van der Waals surface area (Å²) in [6.45, 7) is 0.0449. The molecule has 0 aliphatic carbocycles. The number of carboxylic acids is 1. The number of benzene rings is 1. The number of carboxylic acid groups (broad SMARTS) is 1. The minimum absolute atomic E-state index is 0. The number of fused-ring (bicyclic) bond motifs is 1. The summed E-state index contributed by atoms with van der Waals surface area (Å²) >= 11 is 0. The van der Waals surface area contributed by atoms with E-state index in [-0.39, 0.29) is 47.9 Å². The number of rotatable bonds is 5. The molecule has 9 heteroatoms. The average molecular weight is 322 g/mol. The monoisotopic (exact) mass is 322 g/mol. The van der Waals surface area contributed by atoms with Crippen molar-refractivity contribution in [3.8, 4) is 5.88 Å². The van der Waals surface area contributed by atoms with Crippen molar-refractivity contribution in [1.29, 1.82) is 0 Å². The van der Waals surface area contributed by atoms with Gasteiger partial charge in [-0.05, 0) is 5.56 Å². The summed E-state index contributed by atoms with van der Waals surface area (Å²) in [6, 6.07) is 9.57. The summed E-state index contributed by atoms with van der Waals surface area (Å²) < 4.78 is 7.03. The smallest absolute Gasteiger partial charge is 0.323 e. The summed E-state index contributed by atoms with van der Waals surface area (Å²) in [7, 11) is 0. The van der Waals surface area contributed by atoms with Crippen LogP contribution in [0.5, 0.6) is 5.88 Å². The number of aliphatic carboxylic acids is 1. The van der Waals surface area contributed by atoms with Crippen molar-refractivity contribution in [3.63, 3.8) is 0 Å². The molecule has 2 aromatic heterocycles. The van der Waals surface area contributed by atoms with Crippen LogP contribution in [0.4, 0.5) is 5.95 Å². The molecule has 23 heavy (non-hydrogen) atoms. The second-order valence-corrected chi connectivity index (χ2v) is 4.60. The maximum atomic E-state index is 10.8. The first-order valence-corrected chi connectivity index (χ1v) is 6.50. The Bertz CT molecular complexity index is 822. The molecule has 0 spiro atoms. The van der Waals surface area contributed by atoms with E-state index < -0.39 is 5.97 Å². The van der Waals surface area contributed by atoms with Crippen LogP contribution in [0.1, 0.15) is 5.56 Å². The second kappa shape index (κ2) is 7.40. The largest absolute Gasteiger partial charge is 0.480 e. The topological polar surface area (TPSA) is 116 Å². The standard InChI is InChI=1S/C14H13N5O3.Na/c15-14-17-12-11(16-8-19(12)6-10(20)21)13(18-14)22-7-9-4-2-1-3-5-9;/h1-5,8H,6-7H2,(H,20,21)(H2,15,17,18);. The number of hydrogen-bond acceptors (Lipinski definition) is 6. The summed E-state index contributed by atoms with van der Waals surface area (Å²) in [5.41, 5.74) is 7.34. The Balaban J connectivity index is 0.00000192. The fourth-order valence-corrected chi connectivity index (χ4v) is 2.02. The summed E-state index contributed by atoms with van der Waals surface area (Å²) in [4.78, 5) is 23.0. The minimum Gasteiger partial charge on any atom is -0.480 e. The van der Waals surface area contributed by atoms with E-state index >= 15 is 0 Å². The number of anilines is 1. The third kappa shape index (κ3) is 3.98. The van der Waals surface area contributed by atoms with Gasteiger partial charge in [0, 0.05) is 29.6 Å². The van der Waals surface area contributed by atoms with E-state index in [1.807, 2.05) is 30.3 Å². The molecule has 0 amide bonds. The van der Waals surface area contributed by atoms with Gasteiger partial charge in [-0.1, -0.05) is 30.3 Å². The van der Waals surface area contributed by atoms with Crippen LogP contribution in [0, 0.1) is 0 Å². The zero-order chi connectivity index (χ0) is 15.5. The van der Waals surface area contributed by atoms with Crippen molar-refractivity contribution < 1.29 is 14.6 Å². The van der Waals surface area contributed by atoms with Crippen molar-refractivity contribution in [2.24, 2.45) is 0 Å². The molecule has 0 aliphatic heterocycles. The van der Waals surface area contributed by atoms with E-state index in [2.05, 4.69) is 15.0 Å². The van der Waals surface area contributed by atoms with E-state index in [4.69, 9.17) is 15.6 Å². The minimum atomic E-state index is -0.997. The first-order valence-electron chi connectivity index (χ1n) is 6.50. The molecule has 0 bridgehead atoms. The Hall–Kier alpha value is -2.16. The van der Waals surface area contributed by atoms with Gasteiger partial charge < -0.3 is 20.1 Å². The molecule has 3 N–H and O–H groups in total. The number of nitrogens with two attached hydrogens (primary N) is 1. The van der Waals surface area contributed by atoms with Crippen LogP contribution in [0.3, 0.4) is 0 Å². The molecule has 0 saturated heterocycles. The van der Waals surface area contributed by atoms with Crippen LogP contribution in [0.15, 0.2) is 36.7 Å². The number of nitrogen functional groups attached to an aromatic ring is 1. The predicted molar refractivity (Wildman–Crippen MR) is 83.9 cm³/mol. The molecule has 3 aromatic rings. The van der Waals surface area contributed by atoms with Gasteiger partial charge >= 0.3 is 5.97 Å². The zero-order valence-electron chi connectivity index (χ0n) is 12.5. The molecule has 1 radical (unpaired) electrons. The SMILES string of the molecule is Nc1nc(OCc2ccccc2)c2ncn(CC(=O)O)c2n1.[Na]. The van der Waals surface area contributed by atoms with Crippen LogP contribution < -0.4 is 10.5 Å². The van der Waals surface area contributed by atoms with Gasteiger partial charge in [-0.25, -0.2) is 4.98 Å². The third-order valence-corrected chi connectivity index (χ3v) is 2.97. The summed E-state index contributed by atoms with van der Waals surface area (Å²) in [5.74, 6) is -0.763. The van der Waals surface area contributed by atoms with E-state index in [1.165, 1.54) is 10.9 Å². The van der Waals surface area contributed by atoms with E-state index in [1.54, 1.807) is 0 Å². The second-order valence-electron chi connectivity index (χ2n) is 4.60. The zero-order valence-corrected chi connectivity index (χ0v) is 14.5. The maximum Gasteiger partial charge on any atom is 0.323 e. The first-order chi connectivity index (χ1) is 10.6. The van der Waals surface area contributed by atoms with Gasteiger partial charge in [-0.2, -0.15) is 9.97 Å². The number of carbonyl (C=O) groups is 1. The molecular formula is C14H13N5NaO3. The fraction of sp³-hybridized carbons (Fsp3) is 0.143. The van der Waals surface area contributed by atoms with Crippen molar-refractivity contribution in [2.75, 3.05) is 5.73 Å². The third-order valence-electron chi connectivity index (χ3n) is 2.97. The first kappa shape index (κ1) is 17.2. The van der Waals surface area contributed by atoms with E-state index in [0.29, 0.717) is 17.8 Å². The molecule has 0 aliphatic rings. The number of ether oxygens (including phenoxy) is 1. The van der Waals surface area contributed by atoms with Crippen molar-refractivity contribution in [3.05, 3.63) is 42.2 Å². The molecule has 2 heterocycles. The number of hydrogen-bond donors (Lipinski definition) is 2. The van der Waals surface area contributed by atoms with Crippen LogP contribution in [0.25, 0.3) is 11.2 Å². The van der Waals surface area contributed by atoms with E-state index in [9.17, 15) is 4.79 Å². The fourth-order valence-electron chi connectivity index (χ4n) is 2.02. The maximum absolute atomic E-state index is 10.8. The summed E-state index contributed by atoms with van der Waals surface area (Å²) in [6.07, 6.45) is 1.38. The molecule has 0 unspecified atom stereocenters. The molecular weight excluding hydrogens is 309 g/mol. The molecule has 1 aromatic carbocycles. The number of aromatic nitrogens is 4. The van der Waals surface area contributed by atoms with Crippen LogP contribution in [-0.2, 0) is 17.9 Å². The van der Waals surface area contributed by atoms with Gasteiger partial charge in [0.2, 0.25) is 11.8 Å². The predicted octanol–water partition coefficient (Wildman–Crippen LogP) is 0.691. The Morgan fingerprint density at radius 3 is 2.70 bits per heavy atom. The van der Waals surface area contributed by atoms with Crippen molar-refractivity contribution in [2.45, 2.75) is 13.2 Å². The number of nitrogens with zero attached hydrogens (tertiary/aromatic N) is 4. The molecule has 113 valence electrons. The Morgan fingerprint density at radius 2 is 2.00 bits per heavy atom. The van der Waals surface area contributed by atoms with Gasteiger partial charge in [0.05, 0.1) is 6.33 Å². The average Bonchev–Trinajstić information content (AvgIpc) is 2.88. The Labute approximate surface area is 153 Å². The van der Waals surface area contributed by atoms with Crippen LogP contribution >= 0.6 is 0 Å². The van der Waals surface area contributed by atoms with Gasteiger partial charge in [0.25, 0.3) is 0 Å². The molecule has 0 atom stereocenters. The van der Waals surface area contributed by atoms with Crippen molar-refractivity contribution in [1.82, 2.24) is 19.5 Å². The Kier molecular flexibility index (Phi) is 5.54. The number of imidazole rings is 1. The molecule has 0 saturated carbocycles. The van der Waals surface area contributed by atoms with Crippen LogP contribution in [-0.4, -0.2) is 60.2 Å². The van der Waals surface area contributed by atoms with Gasteiger partial charge in [0.15, 0.2) is 11.2 Å². The Morgan fingerprint density at radius 1 is 1.26 bits per heavy atom. The molecule has 3 rings (SSSR count). The molecule has 8 nitrogen and oxygen atoms in total. The van der Waals surface area contributed by atoms with Crippen molar-refractivity contribution >= 4 is 52.6 Å². The normalized spacial score (nSPS) is 10.3. The molecule has 0 fully saturated rings. The van der Waals surface area contributed by atoms with E-state index in [0.717, 1.165) is 5.56 Å². The van der Waals surface area contributed by atoms with Gasteiger partial charge in [-0.15, -0.1) is 0 Å². The quantitative estimate of drug-likeness (QED) is 0.664. The van der Waals surface area contributed by atoms with Gasteiger partial charge in [0.1, 0.15) is 13.2 Å². The van der Waals surface area contributed by atoms with Crippen LogP contribution in [0.2, 0.25) is 0 Å².